The van der Waals surface area contributed by atoms with Gasteiger partial charge in [-0.1, -0.05) is 12.1 Å². The summed E-state index contributed by atoms with van der Waals surface area (Å²) in [5, 5.41) is 8.52. The summed E-state index contributed by atoms with van der Waals surface area (Å²) in [4.78, 5) is 59.7. The lowest BCUT2D eigenvalue weighted by atomic mass is 10.1. The van der Waals surface area contributed by atoms with Gasteiger partial charge in [0.1, 0.15) is 18.4 Å². The zero-order chi connectivity index (χ0) is 26.4. The number of rotatable bonds is 5. The zero-order valence-corrected chi connectivity index (χ0v) is 22.0. The zero-order valence-electron chi connectivity index (χ0n) is 21.2. The second-order valence-electron chi connectivity index (χ2n) is 9.45. The molecule has 10 nitrogen and oxygen atoms in total. The quantitative estimate of drug-likeness (QED) is 0.569. The molecule has 1 aromatic heterocycles. The smallest absolute Gasteiger partial charge is 0.255 e. The van der Waals surface area contributed by atoms with Crippen molar-refractivity contribution in [3.63, 3.8) is 0 Å². The maximum atomic E-state index is 13.2. The molecule has 0 bridgehead atoms. The van der Waals surface area contributed by atoms with Gasteiger partial charge in [-0.25, -0.2) is 4.98 Å². The van der Waals surface area contributed by atoms with Gasteiger partial charge in [-0.2, -0.15) is 0 Å². The van der Waals surface area contributed by atoms with Crippen LogP contribution in [-0.2, 0) is 20.8 Å². The van der Waals surface area contributed by atoms with Crippen molar-refractivity contribution >= 4 is 35.0 Å². The van der Waals surface area contributed by atoms with Gasteiger partial charge in [-0.15, -0.1) is 11.3 Å². The number of carbonyl (C=O) groups excluding carboxylic acids is 4. The Balaban J connectivity index is 1.49. The minimum atomic E-state index is -1.10. The Morgan fingerprint density at radius 1 is 1.24 bits per heavy atom. The van der Waals surface area contributed by atoms with Crippen molar-refractivity contribution in [2.24, 2.45) is 0 Å². The lowest BCUT2D eigenvalue weighted by Crippen LogP contribution is -2.51. The molecule has 0 radical (unpaired) electrons. The molecule has 2 aliphatic heterocycles. The van der Waals surface area contributed by atoms with E-state index in [0.29, 0.717) is 25.3 Å². The highest BCUT2D eigenvalue weighted by atomic mass is 32.1. The number of aryl methyl sites for hydroxylation is 2. The van der Waals surface area contributed by atoms with Crippen molar-refractivity contribution in [2.45, 2.75) is 51.1 Å². The Labute approximate surface area is 220 Å². The summed E-state index contributed by atoms with van der Waals surface area (Å²) in [7, 11) is 1.54. The highest BCUT2D eigenvalue weighted by Crippen LogP contribution is 2.23. The molecule has 0 aliphatic carbocycles. The van der Waals surface area contributed by atoms with Crippen molar-refractivity contribution in [1.82, 2.24) is 25.4 Å². The fraction of sp³-hybridized carbons (Fsp3) is 0.500. The Morgan fingerprint density at radius 3 is 2.84 bits per heavy atom. The molecule has 198 valence electrons. The number of nitrogens with one attached hydrogen (secondary N) is 2. The van der Waals surface area contributed by atoms with Crippen LogP contribution in [0.3, 0.4) is 0 Å². The van der Waals surface area contributed by atoms with Crippen molar-refractivity contribution in [3.8, 4) is 5.75 Å². The molecule has 11 heteroatoms. The summed E-state index contributed by atoms with van der Waals surface area (Å²) in [6.07, 6.45) is 2.78. The van der Waals surface area contributed by atoms with Crippen molar-refractivity contribution in [1.29, 1.82) is 0 Å². The molecule has 0 saturated carbocycles. The number of amides is 4. The van der Waals surface area contributed by atoms with Gasteiger partial charge in [-0.3, -0.25) is 19.2 Å². The van der Waals surface area contributed by atoms with E-state index in [1.54, 1.807) is 40.5 Å². The Bertz CT molecular complexity index is 1150. The number of nitrogens with zero attached hydrogens (tertiary/aromatic N) is 3. The maximum absolute atomic E-state index is 13.2. The molecule has 2 N–H and O–H groups in total. The number of hydrogen-bond donors (Lipinski definition) is 2. The first-order valence-corrected chi connectivity index (χ1v) is 13.4. The molecule has 2 atom stereocenters. The topological polar surface area (TPSA) is 121 Å². The molecular weight excluding hydrogens is 494 g/mol. The van der Waals surface area contributed by atoms with Crippen molar-refractivity contribution < 1.29 is 23.9 Å². The summed E-state index contributed by atoms with van der Waals surface area (Å²) in [5.74, 6) is -1.14. The molecule has 37 heavy (non-hydrogen) atoms. The Morgan fingerprint density at radius 2 is 2.05 bits per heavy atom. The standard InChI is InChI=1S/C26H33N5O5S/c1-17-16-37-22(28-17)10-5-11-27-26(35)20-13-23(32)30(2)14-24(33)31-12-6-7-18(31)15-36-21-9-4-3-8-19(21)25(34)29-20/h3-4,8-9,16,18,20H,5-7,10-15H2,1-2H3,(H,27,35)(H,29,34)/t18-,20+/m1/s1. The normalized spacial score (nSPS) is 21.0. The number of hydrogen-bond acceptors (Lipinski definition) is 7. The van der Waals surface area contributed by atoms with Crippen LogP contribution in [0.2, 0.25) is 0 Å². The highest BCUT2D eigenvalue weighted by molar-refractivity contribution is 7.09. The van der Waals surface area contributed by atoms with Crippen LogP contribution in [0.25, 0.3) is 0 Å². The van der Waals surface area contributed by atoms with Gasteiger partial charge in [-0.05, 0) is 38.3 Å². The van der Waals surface area contributed by atoms with Crippen LogP contribution in [0.1, 0.15) is 46.7 Å². The predicted octanol–water partition coefficient (Wildman–Crippen LogP) is 1.53. The molecule has 0 unspecified atom stereocenters. The fourth-order valence-electron chi connectivity index (χ4n) is 4.55. The van der Waals surface area contributed by atoms with E-state index < -0.39 is 23.8 Å². The molecule has 4 amide bonds. The van der Waals surface area contributed by atoms with Gasteiger partial charge < -0.3 is 25.2 Å². The van der Waals surface area contributed by atoms with E-state index in [0.717, 1.165) is 30.0 Å². The number of thiazole rings is 1. The maximum Gasteiger partial charge on any atom is 0.255 e. The number of carbonyl (C=O) groups is 4. The van der Waals surface area contributed by atoms with E-state index in [1.807, 2.05) is 12.3 Å². The van der Waals surface area contributed by atoms with Crippen LogP contribution >= 0.6 is 11.3 Å². The van der Waals surface area contributed by atoms with Gasteiger partial charge in [0, 0.05) is 37.6 Å². The number of benzene rings is 1. The van der Waals surface area contributed by atoms with Gasteiger partial charge in [0.2, 0.25) is 17.7 Å². The number of para-hydroxylation sites is 1. The summed E-state index contributed by atoms with van der Waals surface area (Å²) in [6.45, 7) is 3.06. The van der Waals surface area contributed by atoms with Gasteiger partial charge in [0.25, 0.3) is 5.91 Å². The van der Waals surface area contributed by atoms with Crippen LogP contribution in [0.15, 0.2) is 29.6 Å². The molecule has 2 aromatic rings. The number of fused-ring (bicyclic) bond motifs is 2. The Kier molecular flexibility index (Phi) is 8.75. The van der Waals surface area contributed by atoms with Gasteiger partial charge >= 0.3 is 0 Å². The number of likely N-dealkylation sites (N-methyl/N-ethyl adjacent to an activating group) is 1. The third-order valence-electron chi connectivity index (χ3n) is 6.59. The summed E-state index contributed by atoms with van der Waals surface area (Å²) >= 11 is 1.58. The van der Waals surface area contributed by atoms with Crippen LogP contribution in [0, 0.1) is 6.92 Å². The third-order valence-corrected chi connectivity index (χ3v) is 7.62. The SMILES string of the molecule is Cc1csc(CCCNC(=O)[C@@H]2CC(=O)N(C)CC(=O)N3CCC[C@@H]3COc3ccccc3C(=O)N2)n1. The average molecular weight is 528 g/mol. The van der Waals surface area contributed by atoms with E-state index in [-0.39, 0.29) is 37.1 Å². The monoisotopic (exact) mass is 527 g/mol. The molecule has 4 rings (SSSR count). The number of ether oxygens (including phenoxy) is 1. The second kappa shape index (κ2) is 12.2. The van der Waals surface area contributed by atoms with E-state index in [2.05, 4.69) is 15.6 Å². The molecule has 1 aromatic carbocycles. The minimum absolute atomic E-state index is 0.0958. The number of aromatic nitrogens is 1. The highest BCUT2D eigenvalue weighted by Gasteiger charge is 2.33. The van der Waals surface area contributed by atoms with Crippen LogP contribution in [0.4, 0.5) is 0 Å². The Hall–Kier alpha value is -3.47. The van der Waals surface area contributed by atoms with E-state index >= 15 is 0 Å². The van der Waals surface area contributed by atoms with Crippen LogP contribution in [0.5, 0.6) is 5.75 Å². The minimum Gasteiger partial charge on any atom is -0.491 e. The first-order chi connectivity index (χ1) is 17.8. The molecule has 3 heterocycles. The lowest BCUT2D eigenvalue weighted by molar-refractivity contribution is -0.141. The lowest BCUT2D eigenvalue weighted by Gasteiger charge is -2.29. The van der Waals surface area contributed by atoms with E-state index in [4.69, 9.17) is 4.74 Å². The largest absolute Gasteiger partial charge is 0.491 e. The van der Waals surface area contributed by atoms with Gasteiger partial charge in [0.05, 0.1) is 29.6 Å². The average Bonchev–Trinajstić information content (AvgIpc) is 3.53. The summed E-state index contributed by atoms with van der Waals surface area (Å²) in [5.41, 5.74) is 1.24. The molecule has 1 saturated heterocycles. The van der Waals surface area contributed by atoms with Crippen molar-refractivity contribution in [2.75, 3.05) is 33.3 Å². The van der Waals surface area contributed by atoms with Crippen LogP contribution < -0.4 is 15.4 Å². The molecule has 1 fully saturated rings. The fourth-order valence-corrected chi connectivity index (χ4v) is 5.37. The summed E-state index contributed by atoms with van der Waals surface area (Å²) in [6, 6.07) is 5.56. The second-order valence-corrected chi connectivity index (χ2v) is 10.4. The predicted molar refractivity (Wildman–Crippen MR) is 138 cm³/mol. The van der Waals surface area contributed by atoms with Crippen LogP contribution in [-0.4, -0.2) is 83.8 Å². The molecule has 0 spiro atoms. The van der Waals surface area contributed by atoms with Gasteiger partial charge in [0.15, 0.2) is 0 Å². The summed E-state index contributed by atoms with van der Waals surface area (Å²) < 4.78 is 5.99. The first-order valence-electron chi connectivity index (χ1n) is 12.6. The molecule has 2 aliphatic rings. The first kappa shape index (κ1) is 26.6. The third kappa shape index (κ3) is 6.85. The van der Waals surface area contributed by atoms with E-state index in [1.165, 1.54) is 11.9 Å². The van der Waals surface area contributed by atoms with E-state index in [9.17, 15) is 19.2 Å². The van der Waals surface area contributed by atoms with Crippen molar-refractivity contribution in [3.05, 3.63) is 45.9 Å². The molecular formula is C26H33N5O5S.